The van der Waals surface area contributed by atoms with Gasteiger partial charge < -0.3 is 15.7 Å². The minimum absolute atomic E-state index is 0.0336. The van der Waals surface area contributed by atoms with Crippen LogP contribution in [-0.2, 0) is 5.41 Å². The molecule has 35 heavy (non-hydrogen) atoms. The third kappa shape index (κ3) is 4.18. The van der Waals surface area contributed by atoms with E-state index in [0.29, 0.717) is 11.0 Å². The van der Waals surface area contributed by atoms with Gasteiger partial charge in [-0.05, 0) is 116 Å². The number of aromatic carboxylic acids is 1. The van der Waals surface area contributed by atoms with Gasteiger partial charge in [-0.3, -0.25) is 4.79 Å². The highest BCUT2D eigenvalue weighted by molar-refractivity contribution is 6.07. The first-order valence-corrected chi connectivity index (χ1v) is 12.4. The van der Waals surface area contributed by atoms with E-state index < -0.39 is 11.9 Å². The molecule has 0 saturated heterocycles. The van der Waals surface area contributed by atoms with Crippen molar-refractivity contribution >= 4 is 29.1 Å². The molecule has 4 bridgehead atoms. The van der Waals surface area contributed by atoms with Crippen molar-refractivity contribution in [2.24, 2.45) is 17.8 Å². The van der Waals surface area contributed by atoms with Gasteiger partial charge in [0.05, 0.1) is 0 Å². The highest BCUT2D eigenvalue weighted by Crippen LogP contribution is 2.60. The van der Waals surface area contributed by atoms with Gasteiger partial charge in [-0.1, -0.05) is 12.1 Å². The van der Waals surface area contributed by atoms with Crippen LogP contribution >= 0.6 is 0 Å². The van der Waals surface area contributed by atoms with Crippen LogP contribution in [0.3, 0.4) is 0 Å². The number of aromatic nitrogens is 1. The molecule has 4 aliphatic carbocycles. The number of rotatable bonds is 6. The predicted octanol–water partition coefficient (Wildman–Crippen LogP) is 6.24. The third-order valence-corrected chi connectivity index (χ3v) is 8.24. The summed E-state index contributed by atoms with van der Waals surface area (Å²) in [5, 5.41) is 15.3. The van der Waals surface area contributed by atoms with Crippen molar-refractivity contribution in [3.8, 4) is 0 Å². The maximum Gasteiger partial charge on any atom is 0.339 e. The van der Waals surface area contributed by atoms with Gasteiger partial charge in [0.15, 0.2) is 0 Å². The molecule has 3 aromatic rings. The Morgan fingerprint density at radius 3 is 1.97 bits per heavy atom. The molecule has 0 aliphatic heterocycles. The summed E-state index contributed by atoms with van der Waals surface area (Å²) in [6.45, 7) is 0. The van der Waals surface area contributed by atoms with Crippen LogP contribution in [-0.4, -0.2) is 22.0 Å². The van der Waals surface area contributed by atoms with Crippen LogP contribution in [0.15, 0.2) is 66.9 Å². The fraction of sp³-hybridized carbons (Fsp3) is 0.345. The topological polar surface area (TPSA) is 91.3 Å². The average molecular weight is 468 g/mol. The van der Waals surface area contributed by atoms with E-state index in [1.165, 1.54) is 62.4 Å². The number of carbonyl (C=O) groups is 2. The highest BCUT2D eigenvalue weighted by Gasteiger charge is 2.51. The monoisotopic (exact) mass is 467 g/mol. The Balaban J connectivity index is 1.12. The van der Waals surface area contributed by atoms with E-state index in [0.717, 1.165) is 29.1 Å². The van der Waals surface area contributed by atoms with Crippen LogP contribution in [0, 0.1) is 17.8 Å². The second kappa shape index (κ2) is 8.52. The summed E-state index contributed by atoms with van der Waals surface area (Å²) >= 11 is 0. The van der Waals surface area contributed by atoms with Crippen LogP contribution in [0.4, 0.5) is 17.2 Å². The maximum atomic E-state index is 12.6. The molecule has 0 unspecified atom stereocenters. The molecule has 0 spiro atoms. The number of carboxylic acid groups (broad SMARTS) is 1. The largest absolute Gasteiger partial charge is 0.478 e. The molecule has 2 aromatic carbocycles. The quantitative estimate of drug-likeness (QED) is 0.399. The summed E-state index contributed by atoms with van der Waals surface area (Å²) in [6, 6.07) is 19.0. The normalized spacial score (nSPS) is 26.3. The Bertz CT molecular complexity index is 1230. The Morgan fingerprint density at radius 2 is 1.40 bits per heavy atom. The fourth-order valence-electron chi connectivity index (χ4n) is 7.10. The number of amides is 1. The molecule has 6 nitrogen and oxygen atoms in total. The second-order valence-electron chi connectivity index (χ2n) is 10.6. The van der Waals surface area contributed by atoms with E-state index in [1.54, 1.807) is 12.1 Å². The lowest BCUT2D eigenvalue weighted by atomic mass is 9.48. The Kier molecular flexibility index (Phi) is 5.32. The van der Waals surface area contributed by atoms with E-state index >= 15 is 0 Å². The van der Waals surface area contributed by atoms with Crippen molar-refractivity contribution in [3.05, 3.63) is 83.6 Å². The number of nitrogens with one attached hydrogen (secondary N) is 2. The Labute approximate surface area is 204 Å². The third-order valence-electron chi connectivity index (χ3n) is 8.24. The lowest BCUT2D eigenvalue weighted by Crippen LogP contribution is -2.48. The van der Waals surface area contributed by atoms with E-state index in [-0.39, 0.29) is 11.4 Å². The molecule has 6 heteroatoms. The van der Waals surface area contributed by atoms with Gasteiger partial charge in [0.2, 0.25) is 0 Å². The van der Waals surface area contributed by atoms with Gasteiger partial charge in [-0.2, -0.15) is 0 Å². The fourth-order valence-corrected chi connectivity index (χ4v) is 7.10. The molecule has 3 N–H and O–H groups in total. The van der Waals surface area contributed by atoms with Gasteiger partial charge in [-0.15, -0.1) is 0 Å². The van der Waals surface area contributed by atoms with Crippen molar-refractivity contribution in [1.82, 2.24) is 4.98 Å². The summed E-state index contributed by atoms with van der Waals surface area (Å²) in [5.41, 5.74) is 4.19. The summed E-state index contributed by atoms with van der Waals surface area (Å²) in [5.74, 6) is 1.29. The number of hydrogen-bond acceptors (Lipinski definition) is 4. The van der Waals surface area contributed by atoms with Crippen LogP contribution in [0.1, 0.15) is 64.8 Å². The number of carbonyl (C=O) groups excluding carboxylic acids is 1. The number of carboxylic acids is 1. The van der Waals surface area contributed by atoms with Crippen molar-refractivity contribution in [2.45, 2.75) is 43.9 Å². The minimum Gasteiger partial charge on any atom is -0.478 e. The molecule has 1 heterocycles. The van der Waals surface area contributed by atoms with Crippen molar-refractivity contribution in [3.63, 3.8) is 0 Å². The molecule has 0 radical (unpaired) electrons. The summed E-state index contributed by atoms with van der Waals surface area (Å²) in [6.07, 6.45) is 9.90. The van der Waals surface area contributed by atoms with E-state index in [1.807, 2.05) is 12.1 Å². The first-order valence-electron chi connectivity index (χ1n) is 12.4. The first kappa shape index (κ1) is 21.8. The van der Waals surface area contributed by atoms with E-state index in [9.17, 15) is 14.7 Å². The standard InChI is InChI=1S/C29H29N3O3/c33-27(32-26-25(28(34)35)2-1-11-30-26)21-3-7-23(8-4-21)31-24-9-5-22(6-10-24)29-15-18-12-19(16-29)14-20(13-18)17-29/h1-11,18-20,31H,12-17H2,(H,34,35)(H,30,32,33). The van der Waals surface area contributed by atoms with Gasteiger partial charge >= 0.3 is 5.97 Å². The van der Waals surface area contributed by atoms with Crippen LogP contribution < -0.4 is 10.6 Å². The van der Waals surface area contributed by atoms with Gasteiger partial charge in [0.1, 0.15) is 11.4 Å². The van der Waals surface area contributed by atoms with Crippen LogP contribution in [0.25, 0.3) is 0 Å². The average Bonchev–Trinajstić information content (AvgIpc) is 2.84. The number of benzene rings is 2. The zero-order valence-corrected chi connectivity index (χ0v) is 19.5. The van der Waals surface area contributed by atoms with Gasteiger partial charge in [0, 0.05) is 23.1 Å². The number of anilines is 3. The lowest BCUT2D eigenvalue weighted by molar-refractivity contribution is -0.00518. The zero-order chi connectivity index (χ0) is 24.0. The number of nitrogens with zero attached hydrogens (tertiary/aromatic N) is 1. The van der Waals surface area contributed by atoms with E-state index in [2.05, 4.69) is 39.9 Å². The second-order valence-corrected chi connectivity index (χ2v) is 10.6. The Morgan fingerprint density at radius 1 is 0.829 bits per heavy atom. The molecule has 1 aromatic heterocycles. The molecule has 4 fully saturated rings. The summed E-state index contributed by atoms with van der Waals surface area (Å²) < 4.78 is 0. The molecule has 7 rings (SSSR count). The summed E-state index contributed by atoms with van der Waals surface area (Å²) in [7, 11) is 0. The molecular weight excluding hydrogens is 438 g/mol. The zero-order valence-electron chi connectivity index (χ0n) is 19.5. The highest BCUT2D eigenvalue weighted by atomic mass is 16.4. The van der Waals surface area contributed by atoms with Crippen molar-refractivity contribution in [1.29, 1.82) is 0 Å². The first-order chi connectivity index (χ1) is 17.0. The summed E-state index contributed by atoms with van der Waals surface area (Å²) in [4.78, 5) is 27.9. The van der Waals surface area contributed by atoms with Crippen molar-refractivity contribution in [2.75, 3.05) is 10.6 Å². The molecule has 4 aliphatic rings. The SMILES string of the molecule is O=C(Nc1ncccc1C(=O)O)c1ccc(Nc2ccc(C34CC5CC(CC(C5)C3)C4)cc2)cc1. The van der Waals surface area contributed by atoms with Crippen LogP contribution in [0.5, 0.6) is 0 Å². The van der Waals surface area contributed by atoms with Gasteiger partial charge in [0.25, 0.3) is 5.91 Å². The Hall–Kier alpha value is -3.67. The van der Waals surface area contributed by atoms with Gasteiger partial charge in [-0.25, -0.2) is 9.78 Å². The predicted molar refractivity (Wildman–Crippen MR) is 135 cm³/mol. The molecular formula is C29H29N3O3. The van der Waals surface area contributed by atoms with Crippen LogP contribution in [0.2, 0.25) is 0 Å². The van der Waals surface area contributed by atoms with E-state index in [4.69, 9.17) is 0 Å². The number of pyridine rings is 1. The number of hydrogen-bond donors (Lipinski definition) is 3. The lowest BCUT2D eigenvalue weighted by Gasteiger charge is -2.57. The molecule has 4 saturated carbocycles. The minimum atomic E-state index is -1.14. The van der Waals surface area contributed by atoms with Crippen molar-refractivity contribution < 1.29 is 14.7 Å². The molecule has 0 atom stereocenters. The smallest absolute Gasteiger partial charge is 0.339 e. The molecule has 178 valence electrons. The maximum absolute atomic E-state index is 12.6. The molecule has 1 amide bonds.